The minimum atomic E-state index is -0.253. The van der Waals surface area contributed by atoms with Crippen LogP contribution in [0, 0.1) is 12.7 Å². The zero-order valence-corrected chi connectivity index (χ0v) is 18.1. The molecule has 3 aromatic heterocycles. The molecule has 9 heteroatoms. The number of aromatic nitrogens is 5. The Kier molecular flexibility index (Phi) is 5.08. The number of anilines is 1. The molecule has 1 aliphatic rings. The smallest absolute Gasteiger partial charge is 0.316 e. The van der Waals surface area contributed by atoms with E-state index < -0.39 is 0 Å². The highest BCUT2D eigenvalue weighted by atomic mass is 19.1. The summed E-state index contributed by atoms with van der Waals surface area (Å²) in [6.07, 6.45) is 7.62. The molecule has 4 heterocycles. The first-order valence-corrected chi connectivity index (χ1v) is 10.5. The van der Waals surface area contributed by atoms with Crippen molar-refractivity contribution >= 4 is 11.5 Å². The molecular formula is C23H23FN6O2. The molecule has 0 saturated heterocycles. The van der Waals surface area contributed by atoms with Crippen LogP contribution >= 0.6 is 0 Å². The molecular weight excluding hydrogens is 411 g/mol. The molecule has 32 heavy (non-hydrogen) atoms. The number of fused-ring (bicyclic) bond motifs is 2. The van der Waals surface area contributed by atoms with E-state index in [-0.39, 0.29) is 11.9 Å². The average molecular weight is 434 g/mol. The SMILES string of the molecule is Cc1nc(OC(C)C)ncc1-c1cnc(NCc2c(F)ccc3c2CCO3)n2cncc12. The zero-order valence-electron chi connectivity index (χ0n) is 18.1. The van der Waals surface area contributed by atoms with E-state index in [0.29, 0.717) is 37.1 Å². The molecule has 1 aromatic carbocycles. The van der Waals surface area contributed by atoms with Crippen molar-refractivity contribution in [3.05, 3.63) is 59.7 Å². The van der Waals surface area contributed by atoms with Gasteiger partial charge < -0.3 is 14.8 Å². The number of imidazole rings is 1. The average Bonchev–Trinajstić information content (AvgIpc) is 3.43. The number of aryl methyl sites for hydroxylation is 1. The van der Waals surface area contributed by atoms with Crippen LogP contribution in [0.4, 0.5) is 10.3 Å². The Labute approximate surface area is 184 Å². The highest BCUT2D eigenvalue weighted by Crippen LogP contribution is 2.31. The van der Waals surface area contributed by atoms with Crippen LogP contribution in [0.2, 0.25) is 0 Å². The normalized spacial score (nSPS) is 12.8. The van der Waals surface area contributed by atoms with Gasteiger partial charge in [0.2, 0.25) is 5.95 Å². The lowest BCUT2D eigenvalue weighted by molar-refractivity contribution is 0.221. The number of ether oxygens (including phenoxy) is 2. The minimum absolute atomic E-state index is 0.00365. The van der Waals surface area contributed by atoms with Crippen molar-refractivity contribution in [2.45, 2.75) is 39.8 Å². The van der Waals surface area contributed by atoms with Gasteiger partial charge in [0.1, 0.15) is 17.9 Å². The lowest BCUT2D eigenvalue weighted by atomic mass is 10.0. The fraction of sp³-hybridized carbons (Fsp3) is 0.304. The Hall–Kier alpha value is -3.75. The molecule has 0 saturated carbocycles. The second-order valence-corrected chi connectivity index (χ2v) is 7.92. The van der Waals surface area contributed by atoms with Gasteiger partial charge in [0.25, 0.3) is 0 Å². The number of nitrogens with one attached hydrogen (secondary N) is 1. The number of nitrogens with zero attached hydrogens (tertiary/aromatic N) is 5. The van der Waals surface area contributed by atoms with Crippen LogP contribution in [0.1, 0.15) is 30.7 Å². The van der Waals surface area contributed by atoms with Gasteiger partial charge in [-0.05, 0) is 32.9 Å². The van der Waals surface area contributed by atoms with E-state index in [2.05, 4.69) is 25.3 Å². The van der Waals surface area contributed by atoms with Gasteiger partial charge in [-0.2, -0.15) is 4.98 Å². The highest BCUT2D eigenvalue weighted by molar-refractivity contribution is 5.81. The van der Waals surface area contributed by atoms with Crippen LogP contribution in [-0.2, 0) is 13.0 Å². The Bertz CT molecular complexity index is 1300. The van der Waals surface area contributed by atoms with Crippen molar-refractivity contribution in [3.63, 3.8) is 0 Å². The molecule has 1 N–H and O–H groups in total. The first kappa shape index (κ1) is 20.2. The molecule has 0 amide bonds. The molecule has 0 spiro atoms. The maximum atomic E-state index is 14.5. The fourth-order valence-corrected chi connectivity index (χ4v) is 3.91. The van der Waals surface area contributed by atoms with Gasteiger partial charge in [-0.15, -0.1) is 0 Å². The van der Waals surface area contributed by atoms with E-state index in [1.54, 1.807) is 31.0 Å². The van der Waals surface area contributed by atoms with E-state index in [1.807, 2.05) is 25.2 Å². The Morgan fingerprint density at radius 2 is 2.03 bits per heavy atom. The summed E-state index contributed by atoms with van der Waals surface area (Å²) in [5.41, 5.74) is 4.82. The van der Waals surface area contributed by atoms with Crippen molar-refractivity contribution in [2.75, 3.05) is 11.9 Å². The number of halogens is 1. The summed E-state index contributed by atoms with van der Waals surface area (Å²) in [6, 6.07) is 3.47. The molecule has 0 atom stereocenters. The van der Waals surface area contributed by atoms with E-state index in [4.69, 9.17) is 9.47 Å². The monoisotopic (exact) mass is 434 g/mol. The van der Waals surface area contributed by atoms with E-state index in [1.165, 1.54) is 6.07 Å². The van der Waals surface area contributed by atoms with E-state index in [0.717, 1.165) is 33.7 Å². The number of hydrogen-bond acceptors (Lipinski definition) is 7. The van der Waals surface area contributed by atoms with Crippen LogP contribution in [0.3, 0.4) is 0 Å². The van der Waals surface area contributed by atoms with E-state index >= 15 is 0 Å². The van der Waals surface area contributed by atoms with Crippen molar-refractivity contribution in [3.8, 4) is 22.9 Å². The number of benzene rings is 1. The number of rotatable bonds is 6. The summed E-state index contributed by atoms with van der Waals surface area (Å²) < 4.78 is 27.5. The lowest BCUT2D eigenvalue weighted by Gasteiger charge is -2.14. The maximum Gasteiger partial charge on any atom is 0.316 e. The van der Waals surface area contributed by atoms with Gasteiger partial charge in [0, 0.05) is 47.6 Å². The molecule has 4 aromatic rings. The summed E-state index contributed by atoms with van der Waals surface area (Å²) in [7, 11) is 0. The van der Waals surface area contributed by atoms with Crippen LogP contribution in [0.25, 0.3) is 16.6 Å². The molecule has 0 unspecified atom stereocenters. The quantitative estimate of drug-likeness (QED) is 0.491. The predicted octanol–water partition coefficient (Wildman–Crippen LogP) is 3.97. The molecule has 0 aliphatic carbocycles. The minimum Gasteiger partial charge on any atom is -0.493 e. The Morgan fingerprint density at radius 1 is 1.19 bits per heavy atom. The van der Waals surface area contributed by atoms with Gasteiger partial charge in [0.15, 0.2) is 0 Å². The second-order valence-electron chi connectivity index (χ2n) is 7.92. The van der Waals surface area contributed by atoms with Crippen LogP contribution < -0.4 is 14.8 Å². The summed E-state index contributed by atoms with van der Waals surface area (Å²) in [6.45, 7) is 6.64. The Balaban J connectivity index is 1.46. The largest absolute Gasteiger partial charge is 0.493 e. The first-order valence-electron chi connectivity index (χ1n) is 10.5. The summed E-state index contributed by atoms with van der Waals surface area (Å²) in [5.74, 6) is 1.06. The third kappa shape index (κ3) is 3.59. The fourth-order valence-electron chi connectivity index (χ4n) is 3.91. The summed E-state index contributed by atoms with van der Waals surface area (Å²) in [5, 5.41) is 3.25. The van der Waals surface area contributed by atoms with Gasteiger partial charge in [-0.3, -0.25) is 4.40 Å². The molecule has 8 nitrogen and oxygen atoms in total. The maximum absolute atomic E-state index is 14.5. The number of hydrogen-bond donors (Lipinski definition) is 1. The van der Waals surface area contributed by atoms with Gasteiger partial charge in [0.05, 0.1) is 30.1 Å². The van der Waals surface area contributed by atoms with Crippen LogP contribution in [0.5, 0.6) is 11.8 Å². The van der Waals surface area contributed by atoms with Gasteiger partial charge in [-0.1, -0.05) is 0 Å². The van der Waals surface area contributed by atoms with Crippen molar-refractivity contribution in [1.82, 2.24) is 24.3 Å². The van der Waals surface area contributed by atoms with Crippen molar-refractivity contribution < 1.29 is 13.9 Å². The molecule has 0 bridgehead atoms. The molecule has 0 radical (unpaired) electrons. The third-order valence-corrected chi connectivity index (χ3v) is 5.41. The van der Waals surface area contributed by atoms with Crippen LogP contribution in [0.15, 0.2) is 37.1 Å². The zero-order chi connectivity index (χ0) is 22.2. The van der Waals surface area contributed by atoms with Crippen molar-refractivity contribution in [1.29, 1.82) is 0 Å². The van der Waals surface area contributed by atoms with Crippen molar-refractivity contribution in [2.24, 2.45) is 0 Å². The molecule has 5 rings (SSSR count). The molecule has 164 valence electrons. The Morgan fingerprint density at radius 3 is 2.84 bits per heavy atom. The van der Waals surface area contributed by atoms with Gasteiger partial charge >= 0.3 is 6.01 Å². The second kappa shape index (κ2) is 8.07. The standard InChI is InChI=1S/C23H23FN6O2/c1-13(2)32-23-28-8-16(14(3)29-23)18-10-27-22(30-12-25-11-20(18)30)26-9-17-15-6-7-31-21(15)5-4-19(17)24/h4-5,8,10-13H,6-7,9H2,1-3H3,(H,26,27). The predicted molar refractivity (Wildman–Crippen MR) is 117 cm³/mol. The molecule has 0 fully saturated rings. The van der Waals surface area contributed by atoms with Crippen LogP contribution in [-0.4, -0.2) is 37.0 Å². The molecule has 1 aliphatic heterocycles. The third-order valence-electron chi connectivity index (χ3n) is 5.41. The summed E-state index contributed by atoms with van der Waals surface area (Å²) in [4.78, 5) is 17.7. The topological polar surface area (TPSA) is 86.5 Å². The first-order chi connectivity index (χ1) is 15.5. The lowest BCUT2D eigenvalue weighted by Crippen LogP contribution is -2.10. The van der Waals surface area contributed by atoms with E-state index in [9.17, 15) is 4.39 Å². The highest BCUT2D eigenvalue weighted by Gasteiger charge is 2.20. The van der Waals surface area contributed by atoms with Gasteiger partial charge in [-0.25, -0.2) is 19.3 Å². The summed E-state index contributed by atoms with van der Waals surface area (Å²) >= 11 is 0.